The third-order valence-corrected chi connectivity index (χ3v) is 4.74. The third kappa shape index (κ3) is 2.40. The molecule has 0 saturated heterocycles. The molecular weight excluding hydrogens is 278 g/mol. The molecule has 106 valence electrons. The minimum atomic E-state index is -0.965. The summed E-state index contributed by atoms with van der Waals surface area (Å²) in [5.41, 5.74) is 0.457. The molecule has 3 rings (SSSR count). The van der Waals surface area contributed by atoms with E-state index in [1.54, 1.807) is 13.0 Å². The van der Waals surface area contributed by atoms with Gasteiger partial charge in [-0.1, -0.05) is 12.8 Å². The first kappa shape index (κ1) is 13.1. The van der Waals surface area contributed by atoms with Crippen LogP contribution >= 0.6 is 11.3 Å². The number of aryl methyl sites for hydroxylation is 2. The summed E-state index contributed by atoms with van der Waals surface area (Å²) in [6, 6.07) is 1.71. The highest BCUT2D eigenvalue weighted by atomic mass is 32.1. The van der Waals surface area contributed by atoms with Gasteiger partial charge in [0.15, 0.2) is 0 Å². The monoisotopic (exact) mass is 293 g/mol. The molecule has 0 amide bonds. The van der Waals surface area contributed by atoms with Gasteiger partial charge < -0.3 is 5.11 Å². The van der Waals surface area contributed by atoms with Crippen LogP contribution in [0.4, 0.5) is 0 Å². The number of nitrogens with zero attached hydrogens (tertiary/aromatic N) is 3. The van der Waals surface area contributed by atoms with Crippen LogP contribution < -0.4 is 5.69 Å². The van der Waals surface area contributed by atoms with Gasteiger partial charge in [-0.05, 0) is 30.9 Å². The van der Waals surface area contributed by atoms with Gasteiger partial charge in [0.2, 0.25) is 0 Å². The van der Waals surface area contributed by atoms with Gasteiger partial charge in [0.05, 0.1) is 0 Å². The number of aromatic nitrogens is 3. The first-order valence-corrected chi connectivity index (χ1v) is 7.36. The van der Waals surface area contributed by atoms with Gasteiger partial charge in [-0.3, -0.25) is 0 Å². The second kappa shape index (κ2) is 4.90. The molecule has 1 N–H and O–H groups in total. The molecule has 0 unspecified atom stereocenters. The lowest BCUT2D eigenvalue weighted by Gasteiger charge is -1.97. The molecule has 0 spiro atoms. The summed E-state index contributed by atoms with van der Waals surface area (Å²) in [7, 11) is 0. The van der Waals surface area contributed by atoms with E-state index in [2.05, 4.69) is 5.10 Å². The fourth-order valence-corrected chi connectivity index (χ4v) is 3.13. The lowest BCUT2D eigenvalue weighted by Crippen LogP contribution is -2.23. The van der Waals surface area contributed by atoms with E-state index < -0.39 is 5.97 Å². The van der Waals surface area contributed by atoms with E-state index in [0.29, 0.717) is 17.1 Å². The van der Waals surface area contributed by atoms with Crippen molar-refractivity contribution in [2.24, 2.45) is 5.92 Å². The molecule has 7 heteroatoms. The molecule has 20 heavy (non-hydrogen) atoms. The number of carbonyl (C=O) groups is 1. The van der Waals surface area contributed by atoms with Gasteiger partial charge in [-0.2, -0.15) is 5.10 Å². The SMILES string of the molecule is Cc1cc(-n2cnn(CCC3CC3)c2=O)sc1C(=O)O. The lowest BCUT2D eigenvalue weighted by molar-refractivity contribution is 0.0701. The number of hydrogen-bond donors (Lipinski definition) is 1. The van der Waals surface area contributed by atoms with E-state index in [1.165, 1.54) is 28.4 Å². The van der Waals surface area contributed by atoms with E-state index >= 15 is 0 Å². The second-order valence-corrected chi connectivity index (χ2v) is 6.17. The van der Waals surface area contributed by atoms with Crippen LogP contribution in [0.15, 0.2) is 17.2 Å². The van der Waals surface area contributed by atoms with Crippen molar-refractivity contribution >= 4 is 17.3 Å². The molecule has 1 saturated carbocycles. The topological polar surface area (TPSA) is 77.1 Å². The number of carboxylic acids is 1. The summed E-state index contributed by atoms with van der Waals surface area (Å²) >= 11 is 1.10. The lowest BCUT2D eigenvalue weighted by atomic mass is 10.3. The number of hydrogen-bond acceptors (Lipinski definition) is 4. The average Bonchev–Trinajstić information content (AvgIpc) is 3.04. The van der Waals surface area contributed by atoms with Crippen LogP contribution in [-0.4, -0.2) is 25.4 Å². The zero-order valence-corrected chi connectivity index (χ0v) is 11.9. The number of rotatable bonds is 5. The van der Waals surface area contributed by atoms with Crippen molar-refractivity contribution in [1.82, 2.24) is 14.3 Å². The Kier molecular flexibility index (Phi) is 3.21. The summed E-state index contributed by atoms with van der Waals surface area (Å²) in [6.07, 6.45) is 4.95. The van der Waals surface area contributed by atoms with Crippen LogP contribution in [0.1, 0.15) is 34.5 Å². The number of aromatic carboxylic acids is 1. The molecule has 1 fully saturated rings. The molecule has 2 aromatic rings. The summed E-state index contributed by atoms with van der Waals surface area (Å²) < 4.78 is 2.87. The number of thiophene rings is 1. The maximum atomic E-state index is 12.2. The van der Waals surface area contributed by atoms with Crippen molar-refractivity contribution in [3.8, 4) is 5.00 Å². The van der Waals surface area contributed by atoms with E-state index in [-0.39, 0.29) is 10.6 Å². The molecule has 0 bridgehead atoms. The van der Waals surface area contributed by atoms with Crippen molar-refractivity contribution in [1.29, 1.82) is 0 Å². The van der Waals surface area contributed by atoms with E-state index in [1.807, 2.05) is 0 Å². The van der Waals surface area contributed by atoms with Crippen molar-refractivity contribution < 1.29 is 9.90 Å². The molecule has 0 aliphatic heterocycles. The molecule has 1 aliphatic carbocycles. The molecular formula is C13H15N3O3S. The Morgan fingerprint density at radius 2 is 2.30 bits per heavy atom. The van der Waals surface area contributed by atoms with Crippen LogP contribution in [-0.2, 0) is 6.54 Å². The van der Waals surface area contributed by atoms with Crippen LogP contribution in [0.3, 0.4) is 0 Å². The van der Waals surface area contributed by atoms with E-state index in [0.717, 1.165) is 23.7 Å². The van der Waals surface area contributed by atoms with Crippen LogP contribution in [0.25, 0.3) is 5.00 Å². The highest BCUT2D eigenvalue weighted by Crippen LogP contribution is 2.32. The Morgan fingerprint density at radius 3 is 2.90 bits per heavy atom. The first-order chi connectivity index (χ1) is 9.56. The minimum absolute atomic E-state index is 0.205. The zero-order valence-electron chi connectivity index (χ0n) is 11.1. The molecule has 2 heterocycles. The van der Waals surface area contributed by atoms with Crippen LogP contribution in [0.5, 0.6) is 0 Å². The van der Waals surface area contributed by atoms with Crippen LogP contribution in [0.2, 0.25) is 0 Å². The highest BCUT2D eigenvalue weighted by molar-refractivity contribution is 7.16. The molecule has 1 aliphatic rings. The van der Waals surface area contributed by atoms with Gasteiger partial charge in [0.25, 0.3) is 0 Å². The fraction of sp³-hybridized carbons (Fsp3) is 0.462. The minimum Gasteiger partial charge on any atom is -0.477 e. The normalized spacial score (nSPS) is 14.7. The molecule has 0 aromatic carbocycles. The van der Waals surface area contributed by atoms with Gasteiger partial charge in [0, 0.05) is 6.54 Å². The Balaban J connectivity index is 1.88. The molecule has 2 aromatic heterocycles. The third-order valence-electron chi connectivity index (χ3n) is 3.52. The summed E-state index contributed by atoms with van der Waals surface area (Å²) in [5.74, 6) is -0.220. The van der Waals surface area contributed by atoms with Crippen molar-refractivity contribution in [3.05, 3.63) is 33.3 Å². The predicted molar refractivity (Wildman–Crippen MR) is 74.7 cm³/mol. The van der Waals surface area contributed by atoms with Gasteiger partial charge >= 0.3 is 11.7 Å². The summed E-state index contributed by atoms with van der Waals surface area (Å²) in [5, 5.41) is 13.8. The summed E-state index contributed by atoms with van der Waals surface area (Å²) in [4.78, 5) is 23.5. The average molecular weight is 293 g/mol. The standard InChI is InChI=1S/C13H15N3O3S/c1-8-6-10(20-11(8)12(17)18)15-7-14-16(13(15)19)5-4-9-2-3-9/h6-7,9H,2-5H2,1H3,(H,17,18). The first-order valence-electron chi connectivity index (χ1n) is 6.55. The Labute approximate surface area is 119 Å². The van der Waals surface area contributed by atoms with E-state index in [9.17, 15) is 9.59 Å². The molecule has 0 atom stereocenters. The largest absolute Gasteiger partial charge is 0.477 e. The Hall–Kier alpha value is -1.89. The van der Waals surface area contributed by atoms with Crippen molar-refractivity contribution in [3.63, 3.8) is 0 Å². The maximum absolute atomic E-state index is 12.2. The zero-order chi connectivity index (χ0) is 14.3. The maximum Gasteiger partial charge on any atom is 0.350 e. The number of carboxylic acid groups (broad SMARTS) is 1. The smallest absolute Gasteiger partial charge is 0.350 e. The Bertz CT molecular complexity index is 709. The van der Waals surface area contributed by atoms with Crippen molar-refractivity contribution in [2.75, 3.05) is 0 Å². The quantitative estimate of drug-likeness (QED) is 0.913. The predicted octanol–water partition coefficient (Wildman–Crippen LogP) is 1.90. The second-order valence-electron chi connectivity index (χ2n) is 5.14. The fourth-order valence-electron chi connectivity index (χ4n) is 2.15. The van der Waals surface area contributed by atoms with Gasteiger partial charge in [-0.15, -0.1) is 11.3 Å². The van der Waals surface area contributed by atoms with Crippen LogP contribution in [0, 0.1) is 12.8 Å². The Morgan fingerprint density at radius 1 is 1.55 bits per heavy atom. The van der Waals surface area contributed by atoms with E-state index in [4.69, 9.17) is 5.11 Å². The summed E-state index contributed by atoms with van der Waals surface area (Å²) in [6.45, 7) is 2.36. The van der Waals surface area contributed by atoms with Crippen molar-refractivity contribution in [2.45, 2.75) is 32.7 Å². The molecule has 6 nitrogen and oxygen atoms in total. The van der Waals surface area contributed by atoms with Gasteiger partial charge in [-0.25, -0.2) is 18.8 Å². The highest BCUT2D eigenvalue weighted by Gasteiger charge is 2.22. The van der Waals surface area contributed by atoms with Gasteiger partial charge in [0.1, 0.15) is 16.2 Å². The molecule has 0 radical (unpaired) electrons.